The van der Waals surface area contributed by atoms with Crippen LogP contribution in [0.15, 0.2) is 6.07 Å². The number of aromatic nitrogens is 1. The van der Waals surface area contributed by atoms with Gasteiger partial charge in [0.05, 0.1) is 12.8 Å². The number of hydrogen-bond donors (Lipinski definition) is 2. The Morgan fingerprint density at radius 1 is 1.75 bits per heavy atom. The van der Waals surface area contributed by atoms with E-state index in [1.807, 2.05) is 0 Å². The van der Waals surface area contributed by atoms with Gasteiger partial charge in [0.2, 0.25) is 0 Å². The predicted molar refractivity (Wildman–Crippen MR) is 63.1 cm³/mol. The number of nitrogens with two attached hydrogens (primary N) is 1. The molecular weight excluding hydrogens is 230 g/mol. The van der Waals surface area contributed by atoms with Gasteiger partial charge in [-0.1, -0.05) is 11.6 Å². The molecule has 0 aromatic carbocycles. The molecule has 1 aromatic heterocycles. The average Bonchev–Trinajstić information content (AvgIpc) is 2.41. The molecule has 6 heteroatoms. The fourth-order valence-electron chi connectivity index (χ4n) is 1.38. The molecule has 1 heterocycles. The summed E-state index contributed by atoms with van der Waals surface area (Å²) >= 11 is 5.98. The molecule has 0 aliphatic rings. The Balaban J connectivity index is 3.10. The summed E-state index contributed by atoms with van der Waals surface area (Å²) in [4.78, 5) is 11.7. The number of ether oxygens (including phenoxy) is 1. The van der Waals surface area contributed by atoms with Crippen LogP contribution < -0.4 is 11.2 Å². The molecule has 5 nitrogen and oxygen atoms in total. The second kappa shape index (κ2) is 5.23. The van der Waals surface area contributed by atoms with Crippen molar-refractivity contribution < 1.29 is 9.53 Å². The van der Waals surface area contributed by atoms with Crippen LogP contribution in [0.5, 0.6) is 0 Å². The van der Waals surface area contributed by atoms with Crippen molar-refractivity contribution in [2.24, 2.45) is 5.73 Å². The minimum atomic E-state index is -0.417. The molecule has 0 aliphatic heterocycles. The molecule has 0 radical (unpaired) electrons. The Hall–Kier alpha value is -1.20. The maximum absolute atomic E-state index is 11.7. The van der Waals surface area contributed by atoms with Crippen LogP contribution in [0, 0.1) is 6.92 Å². The van der Waals surface area contributed by atoms with E-state index in [9.17, 15) is 4.79 Å². The highest BCUT2D eigenvalue weighted by molar-refractivity contribution is 6.30. The van der Waals surface area contributed by atoms with Crippen LogP contribution in [0.25, 0.3) is 0 Å². The Labute approximate surface area is 99.5 Å². The molecule has 1 rings (SSSR count). The zero-order valence-electron chi connectivity index (χ0n) is 9.58. The summed E-state index contributed by atoms with van der Waals surface area (Å²) in [6.07, 6.45) is -0.322. The molecule has 0 saturated heterocycles. The molecule has 0 fully saturated rings. The van der Waals surface area contributed by atoms with E-state index in [-0.39, 0.29) is 6.17 Å². The number of nitrogens with one attached hydrogen (secondary N) is 1. The van der Waals surface area contributed by atoms with E-state index in [1.54, 1.807) is 26.8 Å². The van der Waals surface area contributed by atoms with Crippen molar-refractivity contribution in [1.29, 1.82) is 0 Å². The molecule has 1 aromatic rings. The lowest BCUT2D eigenvalue weighted by atomic mass is 10.3. The van der Waals surface area contributed by atoms with Gasteiger partial charge < -0.3 is 15.9 Å². The van der Waals surface area contributed by atoms with Gasteiger partial charge in [-0.25, -0.2) is 9.47 Å². The van der Waals surface area contributed by atoms with Crippen LogP contribution in [0.4, 0.5) is 0 Å². The third-order valence-electron chi connectivity index (χ3n) is 1.95. The van der Waals surface area contributed by atoms with Gasteiger partial charge in [0.15, 0.2) is 5.69 Å². The van der Waals surface area contributed by atoms with Gasteiger partial charge in [0, 0.05) is 0 Å². The first kappa shape index (κ1) is 12.9. The molecule has 0 bridgehead atoms. The first-order valence-electron chi connectivity index (χ1n) is 5.04. The first-order chi connectivity index (χ1) is 7.47. The number of aryl methyl sites for hydroxylation is 1. The van der Waals surface area contributed by atoms with Gasteiger partial charge in [-0.15, -0.1) is 0 Å². The van der Waals surface area contributed by atoms with Crippen molar-refractivity contribution in [3.63, 3.8) is 0 Å². The molecule has 1 unspecified atom stereocenters. The van der Waals surface area contributed by atoms with Crippen molar-refractivity contribution in [1.82, 2.24) is 4.68 Å². The second-order valence-electron chi connectivity index (χ2n) is 3.47. The summed E-state index contributed by atoms with van der Waals surface area (Å²) in [7, 11) is 0. The highest BCUT2D eigenvalue weighted by Crippen LogP contribution is 2.19. The number of halogens is 1. The van der Waals surface area contributed by atoms with E-state index in [4.69, 9.17) is 22.1 Å². The highest BCUT2D eigenvalue weighted by Gasteiger charge is 2.19. The SMILES string of the molecule is CCOC(=O)c1c(C)cc(Cl)n1NC(C)N. The van der Waals surface area contributed by atoms with E-state index in [0.29, 0.717) is 17.5 Å². The highest BCUT2D eigenvalue weighted by atomic mass is 35.5. The van der Waals surface area contributed by atoms with E-state index >= 15 is 0 Å². The predicted octanol–water partition coefficient (Wildman–Crippen LogP) is 1.47. The van der Waals surface area contributed by atoms with Crippen LogP contribution in [0.1, 0.15) is 29.9 Å². The number of carbonyl (C=O) groups is 1. The van der Waals surface area contributed by atoms with E-state index < -0.39 is 5.97 Å². The third-order valence-corrected chi connectivity index (χ3v) is 2.23. The zero-order valence-corrected chi connectivity index (χ0v) is 10.3. The number of rotatable bonds is 4. The molecular formula is C10H16ClN3O2. The summed E-state index contributed by atoms with van der Waals surface area (Å²) < 4.78 is 6.39. The average molecular weight is 246 g/mol. The molecule has 1 atom stereocenters. The van der Waals surface area contributed by atoms with Crippen molar-refractivity contribution in [3.05, 3.63) is 22.5 Å². The summed E-state index contributed by atoms with van der Waals surface area (Å²) in [6, 6.07) is 1.68. The summed E-state index contributed by atoms with van der Waals surface area (Å²) in [5, 5.41) is 0.401. The number of esters is 1. The van der Waals surface area contributed by atoms with Gasteiger partial charge >= 0.3 is 5.97 Å². The van der Waals surface area contributed by atoms with Gasteiger partial charge in [-0.05, 0) is 32.4 Å². The van der Waals surface area contributed by atoms with Gasteiger partial charge in [0.25, 0.3) is 0 Å². The van der Waals surface area contributed by atoms with Crippen LogP contribution in [-0.4, -0.2) is 23.4 Å². The lowest BCUT2D eigenvalue weighted by molar-refractivity contribution is 0.0514. The molecule has 3 N–H and O–H groups in total. The monoisotopic (exact) mass is 245 g/mol. The first-order valence-corrected chi connectivity index (χ1v) is 5.42. The quantitative estimate of drug-likeness (QED) is 0.623. The van der Waals surface area contributed by atoms with E-state index in [1.165, 1.54) is 4.68 Å². The Morgan fingerprint density at radius 3 is 2.88 bits per heavy atom. The minimum absolute atomic E-state index is 0.319. The van der Waals surface area contributed by atoms with Crippen LogP contribution >= 0.6 is 11.6 Å². The van der Waals surface area contributed by atoms with Crippen LogP contribution in [0.2, 0.25) is 5.15 Å². The lowest BCUT2D eigenvalue weighted by Gasteiger charge is -2.15. The summed E-state index contributed by atoms with van der Waals surface area (Å²) in [5.74, 6) is -0.417. The maximum atomic E-state index is 11.7. The van der Waals surface area contributed by atoms with Crippen molar-refractivity contribution in [3.8, 4) is 0 Å². The topological polar surface area (TPSA) is 69.3 Å². The number of carbonyl (C=O) groups excluding carboxylic acids is 1. The minimum Gasteiger partial charge on any atom is -0.461 e. The van der Waals surface area contributed by atoms with E-state index in [0.717, 1.165) is 5.56 Å². The van der Waals surface area contributed by atoms with Crippen molar-refractivity contribution in [2.45, 2.75) is 26.9 Å². The molecule has 0 spiro atoms. The molecule has 90 valence electrons. The molecule has 0 amide bonds. The lowest BCUT2D eigenvalue weighted by Crippen LogP contribution is -2.34. The van der Waals surface area contributed by atoms with Crippen molar-refractivity contribution in [2.75, 3.05) is 12.0 Å². The molecule has 0 saturated carbocycles. The van der Waals surface area contributed by atoms with Gasteiger partial charge in [-0.2, -0.15) is 0 Å². The smallest absolute Gasteiger partial charge is 0.357 e. The number of nitrogens with zero attached hydrogens (tertiary/aromatic N) is 1. The second-order valence-corrected chi connectivity index (χ2v) is 3.86. The fourth-order valence-corrected chi connectivity index (χ4v) is 1.67. The van der Waals surface area contributed by atoms with Gasteiger partial charge in [-0.3, -0.25) is 0 Å². The number of hydrogen-bond acceptors (Lipinski definition) is 4. The Kier molecular flexibility index (Phi) is 4.20. The largest absolute Gasteiger partial charge is 0.461 e. The molecule has 16 heavy (non-hydrogen) atoms. The van der Waals surface area contributed by atoms with Crippen LogP contribution in [0.3, 0.4) is 0 Å². The summed E-state index contributed by atoms with van der Waals surface area (Å²) in [5.41, 5.74) is 9.59. The van der Waals surface area contributed by atoms with Crippen molar-refractivity contribution >= 4 is 17.6 Å². The Morgan fingerprint density at radius 2 is 2.38 bits per heavy atom. The maximum Gasteiger partial charge on any atom is 0.357 e. The zero-order chi connectivity index (χ0) is 12.3. The molecule has 0 aliphatic carbocycles. The standard InChI is InChI=1S/C10H16ClN3O2/c1-4-16-10(15)9-6(2)5-8(11)14(9)13-7(3)12/h5,7,13H,4,12H2,1-3H3. The normalized spacial score (nSPS) is 12.3. The Bertz CT molecular complexity index is 388. The third kappa shape index (κ3) is 2.68. The van der Waals surface area contributed by atoms with Crippen LogP contribution in [-0.2, 0) is 4.74 Å². The summed E-state index contributed by atoms with van der Waals surface area (Å²) in [6.45, 7) is 5.61. The van der Waals surface area contributed by atoms with E-state index in [2.05, 4.69) is 5.43 Å². The fraction of sp³-hybridized carbons (Fsp3) is 0.500. The van der Waals surface area contributed by atoms with Gasteiger partial charge in [0.1, 0.15) is 5.15 Å².